The average molecular weight is 1480 g/mol. The Balaban J connectivity index is 1.15. The molecule has 0 aromatic heterocycles. The van der Waals surface area contributed by atoms with Gasteiger partial charge in [-0.15, -0.1) is 0 Å². The summed E-state index contributed by atoms with van der Waals surface area (Å²) in [5, 5.41) is 19.6. The number of methoxy groups -OCH3 is 3. The lowest BCUT2D eigenvalue weighted by molar-refractivity contribution is -0.149. The number of imide groups is 1. The Labute approximate surface area is 625 Å². The quantitative estimate of drug-likeness (QED) is 0.0157. The summed E-state index contributed by atoms with van der Waals surface area (Å²) in [6.45, 7) is 19.7. The van der Waals surface area contributed by atoms with Crippen molar-refractivity contribution in [1.82, 2.24) is 46.2 Å². The van der Waals surface area contributed by atoms with Crippen LogP contribution in [0.2, 0.25) is 0 Å². The van der Waals surface area contributed by atoms with E-state index in [1.807, 2.05) is 96.8 Å². The lowest BCUT2D eigenvalue weighted by Gasteiger charge is -2.41. The Hall–Kier alpha value is -9.02. The molecule has 2 heterocycles. The number of carbonyl (C=O) groups excluding carboxylic acids is 12. The van der Waals surface area contributed by atoms with E-state index in [0.717, 1.165) is 11.1 Å². The van der Waals surface area contributed by atoms with Gasteiger partial charge in [-0.2, -0.15) is 0 Å². The molecule has 2 fully saturated rings. The largest absolute Gasteiger partial charge is 0.467 e. The standard InChI is InChI=1S/C78H118N12O16/c1-16-50(9)68(61(103-13)44-64(93)89-40-26-32-60(89)69(104-14)51(10)70(94)84-59(76(100)105-15)42-52-27-20-18-21-28-52)88(12)75(99)66(48(5)6)86-73(97)67(49(7)8)87(11)45-54-29-24-30-57(41-54)82-78(102)106-46-53-34-36-56(37-35-53)81-71(95)58(31-25-38-80-77(79)101)83-72(96)65(47(3)4)85-62(91)33-22-19-23-39-90-63(92)43-55(17-2)74(90)98/h18,20-21,24,27-30,34-37,41,47-51,55,58-61,65-69H,16-17,19,22-23,25-26,31-33,38-40,42-46H2,1-15H3,(H,81,95)(H,82,102)(H,83,96)(H,84,94)(H,85,91)(H,86,97)(H3,79,80,101)/t50-,51+,55?,58-,59-,60-,61+,65-,66-,67-,68-,69+/m0/s1. The first-order valence-electron chi connectivity index (χ1n) is 37.3. The van der Waals surface area contributed by atoms with Crippen molar-refractivity contribution in [1.29, 1.82) is 0 Å². The van der Waals surface area contributed by atoms with Gasteiger partial charge in [0.25, 0.3) is 0 Å². The van der Waals surface area contributed by atoms with Crippen LogP contribution in [0.3, 0.4) is 0 Å². The number of nitrogens with one attached hydrogen (secondary N) is 7. The number of anilines is 2. The van der Waals surface area contributed by atoms with Crippen LogP contribution in [0.4, 0.5) is 21.0 Å². The average Bonchev–Trinajstić information content (AvgIpc) is 1.13. The van der Waals surface area contributed by atoms with Crippen molar-refractivity contribution in [2.24, 2.45) is 41.2 Å². The number of hydrogen-bond donors (Lipinski definition) is 8. The highest BCUT2D eigenvalue weighted by Crippen LogP contribution is 2.31. The molecule has 12 amide bonds. The molecule has 2 aliphatic rings. The predicted molar refractivity (Wildman–Crippen MR) is 402 cm³/mol. The first-order valence-corrected chi connectivity index (χ1v) is 37.3. The fourth-order valence-corrected chi connectivity index (χ4v) is 14.0. The number of likely N-dealkylation sites (tertiary alicyclic amines) is 2. The molecule has 0 saturated carbocycles. The van der Waals surface area contributed by atoms with Crippen molar-refractivity contribution in [3.63, 3.8) is 0 Å². The smallest absolute Gasteiger partial charge is 0.411 e. The van der Waals surface area contributed by atoms with Crippen LogP contribution in [0.15, 0.2) is 78.9 Å². The topological polar surface area (TPSA) is 365 Å². The highest BCUT2D eigenvalue weighted by atomic mass is 16.5. The number of primary amides is 1. The van der Waals surface area contributed by atoms with E-state index in [-0.39, 0.29) is 123 Å². The maximum absolute atomic E-state index is 14.9. The maximum atomic E-state index is 14.9. The minimum atomic E-state index is -1.09. The number of nitrogens with two attached hydrogens (primary N) is 1. The van der Waals surface area contributed by atoms with Crippen LogP contribution in [0, 0.1) is 35.5 Å². The molecular formula is C78H118N12O16. The zero-order valence-corrected chi connectivity index (χ0v) is 64.8. The minimum Gasteiger partial charge on any atom is -0.467 e. The van der Waals surface area contributed by atoms with Crippen molar-refractivity contribution in [3.8, 4) is 0 Å². The number of nitrogens with zero attached hydrogens (tertiary/aromatic N) is 4. The number of hydrogen-bond acceptors (Lipinski definition) is 17. The van der Waals surface area contributed by atoms with E-state index in [9.17, 15) is 57.5 Å². The van der Waals surface area contributed by atoms with Gasteiger partial charge in [0.15, 0.2) is 0 Å². The summed E-state index contributed by atoms with van der Waals surface area (Å²) < 4.78 is 22.8. The van der Waals surface area contributed by atoms with Gasteiger partial charge in [-0.25, -0.2) is 14.4 Å². The van der Waals surface area contributed by atoms with E-state index >= 15 is 0 Å². The monoisotopic (exact) mass is 1480 g/mol. The summed E-state index contributed by atoms with van der Waals surface area (Å²) in [5.74, 6) is -5.93. The van der Waals surface area contributed by atoms with Crippen molar-refractivity contribution in [3.05, 3.63) is 95.6 Å². The van der Waals surface area contributed by atoms with Crippen LogP contribution < -0.4 is 43.0 Å². The van der Waals surface area contributed by atoms with Gasteiger partial charge in [0.05, 0.1) is 49.8 Å². The molecular weight excluding hydrogens is 1360 g/mol. The molecule has 0 radical (unpaired) electrons. The van der Waals surface area contributed by atoms with E-state index in [2.05, 4.69) is 37.2 Å². The van der Waals surface area contributed by atoms with Crippen LogP contribution >= 0.6 is 0 Å². The second-order valence-corrected chi connectivity index (χ2v) is 29.1. The summed E-state index contributed by atoms with van der Waals surface area (Å²) in [6.07, 6.45) is 2.70. The van der Waals surface area contributed by atoms with Crippen LogP contribution in [0.25, 0.3) is 0 Å². The van der Waals surface area contributed by atoms with Crippen molar-refractivity contribution >= 4 is 82.6 Å². The summed E-state index contributed by atoms with van der Waals surface area (Å²) >= 11 is 0. The minimum absolute atomic E-state index is 0.0837. The Morgan fingerprint density at radius 1 is 0.670 bits per heavy atom. The Kier molecular flexibility index (Phi) is 36.0. The lowest BCUT2D eigenvalue weighted by Crippen LogP contribution is -2.60. The van der Waals surface area contributed by atoms with Crippen LogP contribution in [-0.2, 0) is 86.5 Å². The van der Waals surface area contributed by atoms with Gasteiger partial charge in [0.1, 0.15) is 30.8 Å². The van der Waals surface area contributed by atoms with E-state index in [0.29, 0.717) is 75.0 Å². The number of rotatable bonds is 43. The molecule has 586 valence electrons. The van der Waals surface area contributed by atoms with Gasteiger partial charge in [-0.1, -0.05) is 137 Å². The number of unbranched alkanes of at least 4 members (excludes halogenated alkanes) is 2. The number of ether oxygens (including phenoxy) is 4. The second kappa shape index (κ2) is 43.6. The first kappa shape index (κ1) is 87.6. The Morgan fingerprint density at radius 3 is 1.94 bits per heavy atom. The molecule has 106 heavy (non-hydrogen) atoms. The lowest BCUT2D eigenvalue weighted by atomic mass is 9.89. The SMILES string of the molecule is CCC1CC(=O)N(CCCCCC(=O)N[C@H](C(=O)N[C@@H](CCCNC(N)=O)C(=O)Nc2ccc(COC(=O)Nc3cccc(CN(C)[C@H](C(=O)N[C@H](C(=O)N(C)[C@@H]([C@@H](C)CC)[C@@H](CC(=O)N4CCC[C@H]4[C@H](OC)[C@@H](C)C(=O)N[C@@H](Cc4ccccc4)C(=O)OC)OC)C(C)C)C(C)C)c3)cc2)C(C)C)C1=O. The Morgan fingerprint density at radius 2 is 1.34 bits per heavy atom. The van der Waals surface area contributed by atoms with Gasteiger partial charge in [0.2, 0.25) is 53.2 Å². The predicted octanol–water partition coefficient (Wildman–Crippen LogP) is 7.21. The van der Waals surface area contributed by atoms with Gasteiger partial charge in [-0.3, -0.25) is 58.3 Å². The van der Waals surface area contributed by atoms with E-state index in [1.54, 1.807) is 80.1 Å². The van der Waals surface area contributed by atoms with Crippen molar-refractivity contribution in [2.45, 2.75) is 220 Å². The number of urea groups is 1. The van der Waals surface area contributed by atoms with Gasteiger partial charge < -0.3 is 66.4 Å². The van der Waals surface area contributed by atoms with E-state index < -0.39 is 96.2 Å². The first-order chi connectivity index (χ1) is 50.4. The highest BCUT2D eigenvalue weighted by molar-refractivity contribution is 6.03. The van der Waals surface area contributed by atoms with Gasteiger partial charge in [-0.05, 0) is 117 Å². The number of benzene rings is 3. The van der Waals surface area contributed by atoms with E-state index in [1.165, 1.54) is 26.2 Å². The molecule has 0 bridgehead atoms. The molecule has 1 unspecified atom stereocenters. The second-order valence-electron chi connectivity index (χ2n) is 29.1. The fourth-order valence-electron chi connectivity index (χ4n) is 14.0. The fraction of sp³-hybridized carbons (Fsp3) is 0.615. The molecule has 2 aliphatic heterocycles. The number of amides is 12. The zero-order valence-electron chi connectivity index (χ0n) is 64.8. The highest BCUT2D eigenvalue weighted by Gasteiger charge is 2.44. The third-order valence-electron chi connectivity index (χ3n) is 20.1. The summed E-state index contributed by atoms with van der Waals surface area (Å²) in [5.41, 5.74) is 8.25. The van der Waals surface area contributed by atoms with Gasteiger partial charge >= 0.3 is 18.1 Å². The number of esters is 1. The maximum Gasteiger partial charge on any atom is 0.411 e. The number of carbonyl (C=O) groups is 12. The molecule has 0 aliphatic carbocycles. The molecule has 28 heteroatoms. The van der Waals surface area contributed by atoms with E-state index in [4.69, 9.17) is 24.7 Å². The van der Waals surface area contributed by atoms with Crippen LogP contribution in [0.1, 0.15) is 163 Å². The van der Waals surface area contributed by atoms with Crippen LogP contribution in [0.5, 0.6) is 0 Å². The third-order valence-corrected chi connectivity index (χ3v) is 20.1. The molecule has 9 N–H and O–H groups in total. The summed E-state index contributed by atoms with van der Waals surface area (Å²) in [6, 6.07) is 16.4. The molecule has 28 nitrogen and oxygen atoms in total. The molecule has 2 saturated heterocycles. The summed E-state index contributed by atoms with van der Waals surface area (Å²) in [4.78, 5) is 168. The number of likely N-dealkylation sites (N-methyl/N-ethyl adjacent to an activating group) is 2. The molecule has 3 aromatic rings. The zero-order chi connectivity index (χ0) is 78.5. The van der Waals surface area contributed by atoms with Crippen molar-refractivity contribution < 1.29 is 76.5 Å². The summed E-state index contributed by atoms with van der Waals surface area (Å²) in [7, 11) is 7.78. The van der Waals surface area contributed by atoms with Crippen LogP contribution in [-0.4, -0.2) is 200 Å². The third kappa shape index (κ3) is 26.2. The molecule has 0 spiro atoms. The van der Waals surface area contributed by atoms with Crippen molar-refractivity contribution in [2.75, 3.05) is 65.7 Å². The molecule has 12 atom stereocenters. The normalized spacial score (nSPS) is 17.3. The molecule has 3 aromatic carbocycles. The Bertz CT molecular complexity index is 3410. The molecule has 5 rings (SSSR count). The van der Waals surface area contributed by atoms with Gasteiger partial charge in [0, 0.05) is 84.0 Å².